The van der Waals surface area contributed by atoms with Gasteiger partial charge in [-0.25, -0.2) is 4.79 Å². The van der Waals surface area contributed by atoms with Gasteiger partial charge < -0.3 is 20.3 Å². The molecule has 1 amide bonds. The number of nitrogens with zero attached hydrogens (tertiary/aromatic N) is 1. The van der Waals surface area contributed by atoms with E-state index in [4.69, 9.17) is 17.0 Å². The molecule has 162 valence electrons. The number of hydrogen-bond donors (Lipinski definition) is 2. The van der Waals surface area contributed by atoms with Crippen LogP contribution in [-0.4, -0.2) is 29.6 Å². The monoisotopic (exact) mass is 445 g/mol. The zero-order valence-corrected chi connectivity index (χ0v) is 18.4. The first-order valence-corrected chi connectivity index (χ1v) is 10.7. The molecule has 1 unspecified atom stereocenters. The molecule has 1 aliphatic heterocycles. The van der Waals surface area contributed by atoms with Crippen molar-refractivity contribution >= 4 is 46.3 Å². The number of benzene rings is 3. The maximum atomic E-state index is 12.7. The normalized spacial score (nSPS) is 14.4. The van der Waals surface area contributed by atoms with Gasteiger partial charge in [0.2, 0.25) is 0 Å². The Morgan fingerprint density at radius 3 is 2.28 bits per heavy atom. The highest BCUT2D eigenvalue weighted by Crippen LogP contribution is 2.31. The number of anilines is 3. The molecule has 0 bridgehead atoms. The van der Waals surface area contributed by atoms with Crippen LogP contribution in [0, 0.1) is 0 Å². The Bertz CT molecular complexity index is 1130. The number of amides is 1. The van der Waals surface area contributed by atoms with Gasteiger partial charge >= 0.3 is 5.97 Å². The van der Waals surface area contributed by atoms with Crippen molar-refractivity contribution in [3.05, 3.63) is 90.0 Å². The summed E-state index contributed by atoms with van der Waals surface area (Å²) >= 11 is 5.31. The summed E-state index contributed by atoms with van der Waals surface area (Å²) in [5, 5.41) is 6.59. The van der Waals surface area contributed by atoms with E-state index in [1.165, 1.54) is 0 Å². The molecule has 0 fully saturated rings. The lowest BCUT2D eigenvalue weighted by Gasteiger charge is -2.22. The van der Waals surface area contributed by atoms with E-state index in [1.54, 1.807) is 29.2 Å². The summed E-state index contributed by atoms with van der Waals surface area (Å²) in [7, 11) is 0. The fourth-order valence-electron chi connectivity index (χ4n) is 3.73. The molecule has 3 aromatic rings. The van der Waals surface area contributed by atoms with Gasteiger partial charge in [0.05, 0.1) is 5.56 Å². The van der Waals surface area contributed by atoms with Crippen molar-refractivity contribution in [2.75, 3.05) is 22.1 Å². The third kappa shape index (κ3) is 4.95. The van der Waals surface area contributed by atoms with Gasteiger partial charge in [-0.2, -0.15) is 0 Å². The predicted octanol–water partition coefficient (Wildman–Crippen LogP) is 4.63. The molecule has 7 heteroatoms. The Morgan fingerprint density at radius 2 is 1.56 bits per heavy atom. The average molecular weight is 446 g/mol. The van der Waals surface area contributed by atoms with Crippen LogP contribution in [0.4, 0.5) is 17.1 Å². The third-order valence-electron chi connectivity index (χ3n) is 5.21. The molecule has 0 spiro atoms. The van der Waals surface area contributed by atoms with Gasteiger partial charge in [-0.05, 0) is 73.6 Å². The van der Waals surface area contributed by atoms with E-state index in [0.717, 1.165) is 29.0 Å². The van der Waals surface area contributed by atoms with Crippen LogP contribution in [0.15, 0.2) is 78.9 Å². The number of carbonyl (C=O) groups excluding carboxylic acids is 2. The number of carbonyl (C=O) groups is 2. The number of para-hydroxylation sites is 2. The number of esters is 1. The first-order chi connectivity index (χ1) is 15.5. The molecule has 3 aromatic carbocycles. The van der Waals surface area contributed by atoms with Gasteiger partial charge in [0.1, 0.15) is 0 Å². The lowest BCUT2D eigenvalue weighted by atomic mass is 10.1. The molecule has 0 radical (unpaired) electrons. The van der Waals surface area contributed by atoms with Crippen LogP contribution in [0.2, 0.25) is 0 Å². The fourth-order valence-corrected chi connectivity index (χ4v) is 3.97. The zero-order chi connectivity index (χ0) is 22.5. The summed E-state index contributed by atoms with van der Waals surface area (Å²) in [5.74, 6) is -0.776. The van der Waals surface area contributed by atoms with Gasteiger partial charge in [-0.3, -0.25) is 4.79 Å². The topological polar surface area (TPSA) is 70.7 Å². The maximum absolute atomic E-state index is 12.7. The number of ether oxygens (including phenoxy) is 1. The number of nitrogens with one attached hydrogen (secondary N) is 2. The first kappa shape index (κ1) is 21.5. The van der Waals surface area contributed by atoms with Crippen molar-refractivity contribution < 1.29 is 14.3 Å². The van der Waals surface area contributed by atoms with Crippen LogP contribution in [0.1, 0.15) is 22.8 Å². The number of hydrogen-bond acceptors (Lipinski definition) is 4. The lowest BCUT2D eigenvalue weighted by Crippen LogP contribution is -2.38. The van der Waals surface area contributed by atoms with Crippen LogP contribution < -0.4 is 15.5 Å². The highest BCUT2D eigenvalue weighted by molar-refractivity contribution is 7.80. The Balaban J connectivity index is 1.30. The highest BCUT2D eigenvalue weighted by atomic mass is 32.1. The molecular formula is C25H23N3O3S. The smallest absolute Gasteiger partial charge is 0.338 e. The van der Waals surface area contributed by atoms with E-state index < -0.39 is 5.97 Å². The second-order valence-corrected chi connectivity index (χ2v) is 7.95. The van der Waals surface area contributed by atoms with Crippen molar-refractivity contribution in [1.82, 2.24) is 0 Å². The molecule has 2 N–H and O–H groups in total. The quantitative estimate of drug-likeness (QED) is 0.441. The van der Waals surface area contributed by atoms with Gasteiger partial charge in [-0.1, -0.05) is 36.4 Å². The van der Waals surface area contributed by atoms with Gasteiger partial charge in [-0.15, -0.1) is 0 Å². The molecule has 32 heavy (non-hydrogen) atoms. The Hall–Kier alpha value is -3.71. The molecule has 0 saturated heterocycles. The fraction of sp³-hybridized carbons (Fsp3) is 0.160. The van der Waals surface area contributed by atoms with E-state index in [-0.39, 0.29) is 18.6 Å². The number of fused-ring (bicyclic) bond motifs is 1. The van der Waals surface area contributed by atoms with E-state index in [2.05, 4.69) is 10.6 Å². The van der Waals surface area contributed by atoms with Crippen molar-refractivity contribution in [2.45, 2.75) is 19.4 Å². The van der Waals surface area contributed by atoms with E-state index in [0.29, 0.717) is 10.7 Å². The summed E-state index contributed by atoms with van der Waals surface area (Å²) in [6, 6.07) is 24.2. The molecule has 1 heterocycles. The Morgan fingerprint density at radius 1 is 0.938 bits per heavy atom. The molecule has 0 aromatic heterocycles. The van der Waals surface area contributed by atoms with Crippen molar-refractivity contribution in [3.63, 3.8) is 0 Å². The second-order valence-electron chi connectivity index (χ2n) is 7.54. The third-order valence-corrected chi connectivity index (χ3v) is 5.42. The minimum absolute atomic E-state index is 0.0392. The Labute approximate surface area is 192 Å². The Kier molecular flexibility index (Phi) is 6.47. The summed E-state index contributed by atoms with van der Waals surface area (Å²) in [6.45, 7) is 1.69. The summed E-state index contributed by atoms with van der Waals surface area (Å²) < 4.78 is 5.28. The summed E-state index contributed by atoms with van der Waals surface area (Å²) in [4.78, 5) is 26.8. The van der Waals surface area contributed by atoms with Crippen molar-refractivity contribution in [2.24, 2.45) is 0 Å². The molecule has 0 saturated carbocycles. The predicted molar refractivity (Wildman–Crippen MR) is 130 cm³/mol. The minimum atomic E-state index is -0.546. The maximum Gasteiger partial charge on any atom is 0.338 e. The molecular weight excluding hydrogens is 422 g/mol. The van der Waals surface area contributed by atoms with E-state index >= 15 is 0 Å². The summed E-state index contributed by atoms with van der Waals surface area (Å²) in [6.07, 6.45) is 0.797. The molecule has 1 aliphatic rings. The van der Waals surface area contributed by atoms with Crippen LogP contribution >= 0.6 is 12.2 Å². The van der Waals surface area contributed by atoms with E-state index in [9.17, 15) is 9.59 Å². The average Bonchev–Trinajstić information content (AvgIpc) is 3.14. The lowest BCUT2D eigenvalue weighted by molar-refractivity contribution is -0.122. The largest absolute Gasteiger partial charge is 0.452 e. The van der Waals surface area contributed by atoms with Crippen LogP contribution in [0.25, 0.3) is 0 Å². The highest BCUT2D eigenvalue weighted by Gasteiger charge is 2.31. The van der Waals surface area contributed by atoms with Crippen LogP contribution in [0.3, 0.4) is 0 Å². The summed E-state index contributed by atoms with van der Waals surface area (Å²) in [5.41, 5.74) is 3.98. The van der Waals surface area contributed by atoms with Crippen LogP contribution in [-0.2, 0) is 16.0 Å². The van der Waals surface area contributed by atoms with Gasteiger partial charge in [0.15, 0.2) is 11.7 Å². The van der Waals surface area contributed by atoms with Gasteiger partial charge in [0, 0.05) is 23.1 Å². The SMILES string of the molecule is CC1Cc2ccccc2N1C(=O)COC(=O)c1ccc(NC(=S)Nc2ccccc2)cc1. The van der Waals surface area contributed by atoms with Crippen molar-refractivity contribution in [1.29, 1.82) is 0 Å². The standard InChI is InChI=1S/C25H23N3O3S/c1-17-15-19-7-5-6-10-22(19)28(17)23(29)16-31-24(30)18-11-13-21(14-12-18)27-25(32)26-20-8-3-2-4-9-20/h2-14,17H,15-16H2,1H3,(H2,26,27,32). The molecule has 0 aliphatic carbocycles. The minimum Gasteiger partial charge on any atom is -0.452 e. The molecule has 4 rings (SSSR count). The van der Waals surface area contributed by atoms with E-state index in [1.807, 2.05) is 61.5 Å². The molecule has 1 atom stereocenters. The first-order valence-electron chi connectivity index (χ1n) is 10.3. The van der Waals surface area contributed by atoms with Crippen molar-refractivity contribution in [3.8, 4) is 0 Å². The number of rotatable bonds is 5. The van der Waals surface area contributed by atoms with Crippen LogP contribution in [0.5, 0.6) is 0 Å². The zero-order valence-electron chi connectivity index (χ0n) is 17.6. The van der Waals surface area contributed by atoms with Gasteiger partial charge in [0.25, 0.3) is 5.91 Å². The second kappa shape index (κ2) is 9.62. The number of thiocarbonyl (C=S) groups is 1. The molecule has 6 nitrogen and oxygen atoms in total.